The molecule has 2 heteroatoms. The van der Waals surface area contributed by atoms with Gasteiger partial charge in [-0.2, -0.15) is 0 Å². The van der Waals surface area contributed by atoms with E-state index >= 15 is 0 Å². The third kappa shape index (κ3) is 4.54. The number of hydrogen-bond acceptors (Lipinski definition) is 2. The lowest BCUT2D eigenvalue weighted by Crippen LogP contribution is -2.10. The van der Waals surface area contributed by atoms with E-state index in [0.717, 1.165) is 17.1 Å². The maximum Gasteiger partial charge on any atom is 0.0468 e. The van der Waals surface area contributed by atoms with E-state index < -0.39 is 0 Å². The van der Waals surface area contributed by atoms with Crippen molar-refractivity contribution in [1.29, 1.82) is 0 Å². The Morgan fingerprint density at radius 1 is 0.348 bits per heavy atom. The van der Waals surface area contributed by atoms with Gasteiger partial charge in [0.2, 0.25) is 0 Å². The van der Waals surface area contributed by atoms with Crippen molar-refractivity contribution in [2.45, 2.75) is 0 Å². The molecule has 0 N–H and O–H groups in total. The van der Waals surface area contributed by atoms with E-state index in [1.165, 1.54) is 64.0 Å². The van der Waals surface area contributed by atoms with Crippen LogP contribution in [0, 0.1) is 0 Å². The molecule has 9 aromatic rings. The summed E-state index contributed by atoms with van der Waals surface area (Å²) in [5.41, 5.74) is 8.21. The molecule has 8 aromatic carbocycles. The minimum Gasteiger partial charge on any atom is -0.310 e. The Morgan fingerprint density at radius 2 is 0.935 bits per heavy atom. The first-order chi connectivity index (χ1) is 22.8. The average Bonchev–Trinajstić information content (AvgIpc) is 3.52. The molecule has 0 aliphatic heterocycles. The average molecular weight is 604 g/mol. The van der Waals surface area contributed by atoms with Crippen LogP contribution in [0.5, 0.6) is 0 Å². The van der Waals surface area contributed by atoms with Crippen molar-refractivity contribution in [1.82, 2.24) is 0 Å². The summed E-state index contributed by atoms with van der Waals surface area (Å²) < 4.78 is 2.68. The zero-order valence-corrected chi connectivity index (χ0v) is 25.9. The molecule has 1 nitrogen and oxygen atoms in total. The summed E-state index contributed by atoms with van der Waals surface area (Å²) in [4.78, 5) is 2.39. The molecule has 216 valence electrons. The Kier molecular flexibility index (Phi) is 6.40. The Morgan fingerprint density at radius 3 is 1.74 bits per heavy atom. The van der Waals surface area contributed by atoms with Crippen molar-refractivity contribution in [2.24, 2.45) is 0 Å². The van der Waals surface area contributed by atoms with Crippen LogP contribution in [-0.4, -0.2) is 0 Å². The quantitative estimate of drug-likeness (QED) is 0.177. The van der Waals surface area contributed by atoms with E-state index in [1.807, 2.05) is 11.3 Å². The number of benzene rings is 8. The van der Waals surface area contributed by atoms with Gasteiger partial charge in [0.05, 0.1) is 0 Å². The molecular formula is C44H29NS. The molecule has 0 radical (unpaired) electrons. The summed E-state index contributed by atoms with van der Waals surface area (Å²) in [6, 6.07) is 63.9. The predicted octanol–water partition coefficient (Wildman–Crippen LogP) is 13.2. The van der Waals surface area contributed by atoms with E-state index in [0.29, 0.717) is 0 Å². The molecule has 46 heavy (non-hydrogen) atoms. The van der Waals surface area contributed by atoms with E-state index in [4.69, 9.17) is 0 Å². The second-order valence-corrected chi connectivity index (χ2v) is 12.8. The molecular weight excluding hydrogens is 575 g/mol. The van der Waals surface area contributed by atoms with Gasteiger partial charge >= 0.3 is 0 Å². The van der Waals surface area contributed by atoms with Gasteiger partial charge in [0, 0.05) is 42.6 Å². The fourth-order valence-corrected chi connectivity index (χ4v) is 8.05. The highest BCUT2D eigenvalue weighted by Gasteiger charge is 2.17. The van der Waals surface area contributed by atoms with Crippen molar-refractivity contribution >= 4 is 70.1 Å². The molecule has 0 aliphatic carbocycles. The number of hydrogen-bond donors (Lipinski definition) is 0. The van der Waals surface area contributed by atoms with Crippen LogP contribution in [0.3, 0.4) is 0 Å². The molecule has 0 bridgehead atoms. The minimum atomic E-state index is 1.12. The van der Waals surface area contributed by atoms with Gasteiger partial charge < -0.3 is 4.90 Å². The molecule has 0 spiro atoms. The van der Waals surface area contributed by atoms with Gasteiger partial charge in [-0.3, -0.25) is 0 Å². The molecule has 1 heterocycles. The van der Waals surface area contributed by atoms with Crippen LogP contribution in [0.1, 0.15) is 0 Å². The van der Waals surface area contributed by atoms with Crippen LogP contribution in [-0.2, 0) is 0 Å². The van der Waals surface area contributed by atoms with Crippen molar-refractivity contribution in [3.8, 4) is 22.3 Å². The number of thiophene rings is 1. The van der Waals surface area contributed by atoms with Gasteiger partial charge in [-0.1, -0.05) is 133 Å². The number of rotatable bonds is 5. The van der Waals surface area contributed by atoms with E-state index in [1.54, 1.807) is 0 Å². The largest absolute Gasteiger partial charge is 0.310 e. The van der Waals surface area contributed by atoms with Gasteiger partial charge in [-0.15, -0.1) is 11.3 Å². The summed E-state index contributed by atoms with van der Waals surface area (Å²) in [6.45, 7) is 0. The fraction of sp³-hybridized carbons (Fsp3) is 0. The maximum absolute atomic E-state index is 2.39. The molecule has 0 fully saturated rings. The number of nitrogens with zero attached hydrogens (tertiary/aromatic N) is 1. The minimum absolute atomic E-state index is 1.12. The first kappa shape index (κ1) is 26.7. The highest BCUT2D eigenvalue weighted by Crippen LogP contribution is 2.44. The molecule has 0 atom stereocenters. The van der Waals surface area contributed by atoms with Crippen LogP contribution in [0.2, 0.25) is 0 Å². The molecule has 0 saturated carbocycles. The summed E-state index contributed by atoms with van der Waals surface area (Å²) in [5, 5.41) is 7.78. The maximum atomic E-state index is 2.39. The molecule has 0 aliphatic rings. The smallest absolute Gasteiger partial charge is 0.0468 e. The standard InChI is InChI=1S/C44H29NS/c1-3-10-30(11-4-1)32-20-24-36(25-21-32)45(37-15-9-14-35(28-37)31-12-5-2-6-13-31)38-26-22-33-18-19-34-23-27-40-39-16-7-8-17-42(39)46-44(40)43(34)41(33)29-38/h1-29H. The Balaban J connectivity index is 1.27. The Labute approximate surface area is 272 Å². The predicted molar refractivity (Wildman–Crippen MR) is 200 cm³/mol. The fourth-order valence-electron chi connectivity index (χ4n) is 6.78. The van der Waals surface area contributed by atoms with Crippen LogP contribution < -0.4 is 4.90 Å². The third-order valence-electron chi connectivity index (χ3n) is 9.03. The zero-order chi connectivity index (χ0) is 30.5. The molecule has 9 rings (SSSR count). The van der Waals surface area contributed by atoms with Crippen molar-refractivity contribution in [2.75, 3.05) is 4.90 Å². The van der Waals surface area contributed by atoms with E-state index in [-0.39, 0.29) is 0 Å². The zero-order valence-electron chi connectivity index (χ0n) is 25.1. The topological polar surface area (TPSA) is 3.24 Å². The summed E-state index contributed by atoms with van der Waals surface area (Å²) in [7, 11) is 0. The molecule has 0 amide bonds. The first-order valence-corrected chi connectivity index (χ1v) is 16.5. The lowest BCUT2D eigenvalue weighted by atomic mass is 9.98. The molecule has 0 saturated heterocycles. The van der Waals surface area contributed by atoms with Crippen LogP contribution in [0.15, 0.2) is 176 Å². The number of anilines is 3. The van der Waals surface area contributed by atoms with Gasteiger partial charge in [-0.25, -0.2) is 0 Å². The molecule has 1 aromatic heterocycles. The Hall–Kier alpha value is -5.70. The van der Waals surface area contributed by atoms with E-state index in [9.17, 15) is 0 Å². The molecule has 0 unspecified atom stereocenters. The van der Waals surface area contributed by atoms with Crippen molar-refractivity contribution in [3.63, 3.8) is 0 Å². The monoisotopic (exact) mass is 603 g/mol. The second kappa shape index (κ2) is 11.0. The van der Waals surface area contributed by atoms with Gasteiger partial charge in [0.15, 0.2) is 0 Å². The third-order valence-corrected chi connectivity index (χ3v) is 10.2. The Bertz CT molecular complexity index is 2510. The summed E-state index contributed by atoms with van der Waals surface area (Å²) in [5.74, 6) is 0. The number of fused-ring (bicyclic) bond motifs is 7. The lowest BCUT2D eigenvalue weighted by Gasteiger charge is -2.27. The van der Waals surface area contributed by atoms with Crippen molar-refractivity contribution < 1.29 is 0 Å². The van der Waals surface area contributed by atoms with Crippen LogP contribution >= 0.6 is 11.3 Å². The highest BCUT2D eigenvalue weighted by atomic mass is 32.1. The van der Waals surface area contributed by atoms with Gasteiger partial charge in [0.1, 0.15) is 0 Å². The SMILES string of the molecule is c1ccc(-c2ccc(N(c3cccc(-c4ccccc4)c3)c3ccc4ccc5ccc6c7ccccc7sc6c5c4c3)cc2)cc1. The van der Waals surface area contributed by atoms with Gasteiger partial charge in [0.25, 0.3) is 0 Å². The summed E-state index contributed by atoms with van der Waals surface area (Å²) in [6.07, 6.45) is 0. The van der Waals surface area contributed by atoms with E-state index in [2.05, 4.69) is 181 Å². The lowest BCUT2D eigenvalue weighted by molar-refractivity contribution is 1.29. The van der Waals surface area contributed by atoms with Crippen LogP contribution in [0.25, 0.3) is 64.0 Å². The second-order valence-electron chi connectivity index (χ2n) is 11.8. The first-order valence-electron chi connectivity index (χ1n) is 15.7. The normalized spacial score (nSPS) is 11.5. The highest BCUT2D eigenvalue weighted by molar-refractivity contribution is 7.26. The van der Waals surface area contributed by atoms with Crippen molar-refractivity contribution in [3.05, 3.63) is 176 Å². The van der Waals surface area contributed by atoms with Gasteiger partial charge in [-0.05, 0) is 80.9 Å². The van der Waals surface area contributed by atoms with Crippen LogP contribution in [0.4, 0.5) is 17.1 Å². The summed E-state index contributed by atoms with van der Waals surface area (Å²) >= 11 is 1.90.